The summed E-state index contributed by atoms with van der Waals surface area (Å²) in [6.45, 7) is 3.48. The summed E-state index contributed by atoms with van der Waals surface area (Å²) in [7, 11) is 0. The van der Waals surface area contributed by atoms with Crippen LogP contribution in [0.5, 0.6) is 11.5 Å². The smallest absolute Gasteiger partial charge is 0.220 e. The lowest BCUT2D eigenvalue weighted by atomic mass is 10.1. The van der Waals surface area contributed by atoms with Gasteiger partial charge in [0, 0.05) is 36.8 Å². The molecule has 0 saturated carbocycles. The van der Waals surface area contributed by atoms with Crippen LogP contribution in [0.25, 0.3) is 0 Å². The molecule has 132 valence electrons. The Morgan fingerprint density at radius 1 is 1.20 bits per heavy atom. The Morgan fingerprint density at radius 3 is 2.76 bits per heavy atom. The lowest BCUT2D eigenvalue weighted by molar-refractivity contribution is -0.121. The summed E-state index contributed by atoms with van der Waals surface area (Å²) in [6, 6.07) is 5.12. The van der Waals surface area contributed by atoms with Crippen molar-refractivity contribution < 1.29 is 19.1 Å². The number of rotatable bonds is 7. The summed E-state index contributed by atoms with van der Waals surface area (Å²) in [5.41, 5.74) is 1.52. The third-order valence-corrected chi connectivity index (χ3v) is 4.64. The third kappa shape index (κ3) is 4.79. The van der Waals surface area contributed by atoms with Gasteiger partial charge in [0.1, 0.15) is 13.2 Å². The van der Waals surface area contributed by atoms with Crippen molar-refractivity contribution in [2.24, 2.45) is 0 Å². The van der Waals surface area contributed by atoms with E-state index in [1.165, 1.54) is 0 Å². The fourth-order valence-corrected chi connectivity index (χ4v) is 3.18. The molecular formula is C18H20N2O4S. The first-order chi connectivity index (χ1) is 12.1. The van der Waals surface area contributed by atoms with Gasteiger partial charge >= 0.3 is 0 Å². The normalized spacial score (nSPS) is 12.7. The number of nitrogens with one attached hydrogen (secondary N) is 1. The maximum atomic E-state index is 12.2. The van der Waals surface area contributed by atoms with E-state index in [-0.39, 0.29) is 24.5 Å². The highest BCUT2D eigenvalue weighted by molar-refractivity contribution is 7.09. The molecule has 0 bridgehead atoms. The van der Waals surface area contributed by atoms with Crippen molar-refractivity contribution in [3.05, 3.63) is 39.8 Å². The van der Waals surface area contributed by atoms with Crippen LogP contribution in [0, 0.1) is 6.92 Å². The molecule has 0 spiro atoms. The lowest BCUT2D eigenvalue weighted by Gasteiger charge is -2.18. The number of ether oxygens (including phenoxy) is 2. The minimum Gasteiger partial charge on any atom is -0.486 e. The number of aryl methyl sites for hydroxylation is 1. The van der Waals surface area contributed by atoms with Gasteiger partial charge in [-0.1, -0.05) is 0 Å². The van der Waals surface area contributed by atoms with E-state index in [1.54, 1.807) is 29.5 Å². The number of amides is 1. The predicted octanol–water partition coefficient (Wildman–Crippen LogP) is 2.54. The van der Waals surface area contributed by atoms with Gasteiger partial charge < -0.3 is 14.8 Å². The van der Waals surface area contributed by atoms with Crippen LogP contribution in [-0.4, -0.2) is 36.4 Å². The van der Waals surface area contributed by atoms with Crippen molar-refractivity contribution in [1.82, 2.24) is 10.3 Å². The van der Waals surface area contributed by atoms with Crippen LogP contribution >= 0.6 is 11.3 Å². The molecule has 6 nitrogen and oxygen atoms in total. The average molecular weight is 360 g/mol. The van der Waals surface area contributed by atoms with Crippen molar-refractivity contribution in [3.8, 4) is 11.5 Å². The molecule has 25 heavy (non-hydrogen) atoms. The van der Waals surface area contributed by atoms with Crippen LogP contribution in [0.1, 0.15) is 33.9 Å². The SMILES string of the molecule is Cc1nc(CCNC(=O)CCC(=O)c2ccc3c(c2)OCCO3)cs1. The predicted molar refractivity (Wildman–Crippen MR) is 94.6 cm³/mol. The van der Waals surface area contributed by atoms with Gasteiger partial charge in [0.05, 0.1) is 10.7 Å². The van der Waals surface area contributed by atoms with Crippen LogP contribution < -0.4 is 14.8 Å². The number of fused-ring (bicyclic) bond motifs is 1. The number of hydrogen-bond acceptors (Lipinski definition) is 6. The molecule has 0 atom stereocenters. The number of thiazole rings is 1. The third-order valence-electron chi connectivity index (χ3n) is 3.81. The lowest BCUT2D eigenvalue weighted by Crippen LogP contribution is -2.26. The quantitative estimate of drug-likeness (QED) is 0.768. The van der Waals surface area contributed by atoms with Crippen molar-refractivity contribution in [2.75, 3.05) is 19.8 Å². The van der Waals surface area contributed by atoms with E-state index in [0.29, 0.717) is 43.2 Å². The molecule has 0 aliphatic carbocycles. The van der Waals surface area contributed by atoms with Crippen molar-refractivity contribution in [2.45, 2.75) is 26.2 Å². The monoisotopic (exact) mass is 360 g/mol. The van der Waals surface area contributed by atoms with Crippen molar-refractivity contribution in [1.29, 1.82) is 0 Å². The molecule has 3 rings (SSSR count). The summed E-state index contributed by atoms with van der Waals surface area (Å²) < 4.78 is 10.9. The Hall–Kier alpha value is -2.41. The molecule has 1 aliphatic heterocycles. The van der Waals surface area contributed by atoms with Crippen LogP contribution in [-0.2, 0) is 11.2 Å². The van der Waals surface area contributed by atoms with Gasteiger partial charge in [0.2, 0.25) is 5.91 Å². The first-order valence-corrected chi connectivity index (χ1v) is 9.10. The number of Topliss-reactive ketones (excluding diaryl/α,β-unsaturated/α-hetero) is 1. The van der Waals surface area contributed by atoms with E-state index in [2.05, 4.69) is 10.3 Å². The van der Waals surface area contributed by atoms with Crippen LogP contribution in [0.3, 0.4) is 0 Å². The summed E-state index contributed by atoms with van der Waals surface area (Å²) in [5, 5.41) is 5.84. The highest BCUT2D eigenvalue weighted by Gasteiger charge is 2.15. The zero-order valence-electron chi connectivity index (χ0n) is 14.0. The topological polar surface area (TPSA) is 77.5 Å². The molecular weight excluding hydrogens is 340 g/mol. The average Bonchev–Trinajstić information content (AvgIpc) is 3.04. The molecule has 0 saturated heterocycles. The highest BCUT2D eigenvalue weighted by Crippen LogP contribution is 2.31. The van der Waals surface area contributed by atoms with E-state index >= 15 is 0 Å². The fourth-order valence-electron chi connectivity index (χ4n) is 2.53. The fraction of sp³-hybridized carbons (Fsp3) is 0.389. The standard InChI is InChI=1S/C18H20N2O4S/c1-12-20-14(11-25-12)6-7-19-18(22)5-3-15(21)13-2-4-16-17(10-13)24-9-8-23-16/h2,4,10-11H,3,5-9H2,1H3,(H,19,22). The van der Waals surface area contributed by atoms with Gasteiger partial charge in [-0.15, -0.1) is 11.3 Å². The summed E-state index contributed by atoms with van der Waals surface area (Å²) in [6.07, 6.45) is 1.04. The maximum absolute atomic E-state index is 12.2. The molecule has 1 aromatic heterocycles. The zero-order valence-corrected chi connectivity index (χ0v) is 14.9. The van der Waals surface area contributed by atoms with Crippen LogP contribution in [0.2, 0.25) is 0 Å². The molecule has 1 aromatic carbocycles. The summed E-state index contributed by atoms with van der Waals surface area (Å²) >= 11 is 1.60. The molecule has 2 heterocycles. The number of carbonyl (C=O) groups excluding carboxylic acids is 2. The highest BCUT2D eigenvalue weighted by atomic mass is 32.1. The van der Waals surface area contributed by atoms with Crippen molar-refractivity contribution in [3.63, 3.8) is 0 Å². The molecule has 7 heteroatoms. The minimum absolute atomic E-state index is 0.0813. The number of nitrogens with zero attached hydrogens (tertiary/aromatic N) is 1. The molecule has 1 aliphatic rings. The summed E-state index contributed by atoms with van der Waals surface area (Å²) in [4.78, 5) is 28.5. The second-order valence-corrected chi connectivity index (χ2v) is 6.80. The Kier molecular flexibility index (Phi) is 5.65. The second kappa shape index (κ2) is 8.11. The number of carbonyl (C=O) groups is 2. The molecule has 1 N–H and O–H groups in total. The van der Waals surface area contributed by atoms with E-state index in [9.17, 15) is 9.59 Å². The Bertz CT molecular complexity index is 772. The minimum atomic E-state index is -0.127. The first-order valence-electron chi connectivity index (χ1n) is 8.22. The maximum Gasteiger partial charge on any atom is 0.220 e. The van der Waals surface area contributed by atoms with E-state index in [1.807, 2.05) is 12.3 Å². The molecule has 0 fully saturated rings. The van der Waals surface area contributed by atoms with Crippen molar-refractivity contribution >= 4 is 23.0 Å². The van der Waals surface area contributed by atoms with Gasteiger partial charge in [0.25, 0.3) is 0 Å². The van der Waals surface area contributed by atoms with E-state index < -0.39 is 0 Å². The van der Waals surface area contributed by atoms with Gasteiger partial charge in [0.15, 0.2) is 17.3 Å². The molecule has 0 unspecified atom stereocenters. The zero-order chi connectivity index (χ0) is 17.6. The van der Waals surface area contributed by atoms with Crippen LogP contribution in [0.15, 0.2) is 23.6 Å². The Balaban J connectivity index is 1.43. The van der Waals surface area contributed by atoms with Gasteiger partial charge in [-0.25, -0.2) is 4.98 Å². The van der Waals surface area contributed by atoms with Crippen LogP contribution in [0.4, 0.5) is 0 Å². The Morgan fingerprint density at radius 2 is 2.00 bits per heavy atom. The second-order valence-electron chi connectivity index (χ2n) is 5.74. The van der Waals surface area contributed by atoms with E-state index in [4.69, 9.17) is 9.47 Å². The Labute approximate surface area is 150 Å². The molecule has 2 aromatic rings. The number of ketones is 1. The largest absolute Gasteiger partial charge is 0.486 e. The van der Waals surface area contributed by atoms with Gasteiger partial charge in [-0.05, 0) is 25.1 Å². The number of aromatic nitrogens is 1. The number of hydrogen-bond donors (Lipinski definition) is 1. The van der Waals surface area contributed by atoms with Gasteiger partial charge in [-0.2, -0.15) is 0 Å². The first kappa shape index (κ1) is 17.4. The molecule has 1 amide bonds. The molecule has 0 radical (unpaired) electrons. The van der Waals surface area contributed by atoms with E-state index in [0.717, 1.165) is 10.7 Å². The summed E-state index contributed by atoms with van der Waals surface area (Å²) in [5.74, 6) is 1.03. The number of benzene rings is 1. The van der Waals surface area contributed by atoms with Gasteiger partial charge in [-0.3, -0.25) is 9.59 Å².